The summed E-state index contributed by atoms with van der Waals surface area (Å²) in [6.07, 6.45) is 1.78. The molecule has 0 amide bonds. The van der Waals surface area contributed by atoms with Gasteiger partial charge in [0.2, 0.25) is 10.0 Å². The molecule has 5 heteroatoms. The number of benzene rings is 3. The molecule has 0 radical (unpaired) electrons. The summed E-state index contributed by atoms with van der Waals surface area (Å²) in [6, 6.07) is 17.1. The minimum absolute atomic E-state index is 0.387. The lowest BCUT2D eigenvalue weighted by atomic mass is 10.1. The van der Waals surface area contributed by atoms with Crippen LogP contribution in [0.2, 0.25) is 0 Å². The summed E-state index contributed by atoms with van der Waals surface area (Å²) in [5.74, 6) is 0. The molecule has 0 fully saturated rings. The van der Waals surface area contributed by atoms with E-state index in [1.807, 2.05) is 32.9 Å². The van der Waals surface area contributed by atoms with Gasteiger partial charge in [0.15, 0.2) is 0 Å². The number of quaternary nitrogens is 1. The molecule has 206 valence electrons. The van der Waals surface area contributed by atoms with Crippen molar-refractivity contribution in [1.82, 2.24) is 4.31 Å². The van der Waals surface area contributed by atoms with Crippen LogP contribution >= 0.6 is 0 Å². The topological polar surface area (TPSA) is 37.4 Å². The predicted molar refractivity (Wildman–Crippen MR) is 160 cm³/mol. The van der Waals surface area contributed by atoms with Gasteiger partial charge >= 0.3 is 0 Å². The number of sulfonamides is 1. The third-order valence-electron chi connectivity index (χ3n) is 7.16. The molecule has 3 rings (SSSR count). The number of nitrogens with zero attached hydrogens (tertiary/aromatic N) is 2. The van der Waals surface area contributed by atoms with Crippen LogP contribution in [0.4, 0.5) is 0 Å². The number of rotatable bonds is 11. The minimum Gasteiger partial charge on any atom is -0.325 e. The Morgan fingerprint density at radius 2 is 1.08 bits per heavy atom. The van der Waals surface area contributed by atoms with Gasteiger partial charge in [-0.1, -0.05) is 76.3 Å². The summed E-state index contributed by atoms with van der Waals surface area (Å²) in [4.78, 5) is 0.457. The molecule has 0 saturated heterocycles. The van der Waals surface area contributed by atoms with E-state index in [0.717, 1.165) is 63.8 Å². The first-order chi connectivity index (χ1) is 17.7. The number of hydrogen-bond donors (Lipinski definition) is 0. The van der Waals surface area contributed by atoms with Crippen LogP contribution in [0.25, 0.3) is 0 Å². The number of unbranched alkanes of at least 4 members (excludes halogenated alkanes) is 1. The third kappa shape index (κ3) is 8.02. The highest BCUT2D eigenvalue weighted by Crippen LogP contribution is 2.27. The maximum Gasteiger partial charge on any atom is 0.243 e. The van der Waals surface area contributed by atoms with Gasteiger partial charge < -0.3 is 4.48 Å². The fourth-order valence-electron chi connectivity index (χ4n) is 5.91. The lowest BCUT2D eigenvalue weighted by Crippen LogP contribution is -2.40. The third-order valence-corrected chi connectivity index (χ3v) is 9.31. The van der Waals surface area contributed by atoms with Gasteiger partial charge in [-0.3, -0.25) is 0 Å². The van der Waals surface area contributed by atoms with E-state index in [-0.39, 0.29) is 0 Å². The molecule has 38 heavy (non-hydrogen) atoms. The van der Waals surface area contributed by atoms with Crippen molar-refractivity contribution in [3.05, 3.63) is 98.6 Å². The van der Waals surface area contributed by atoms with Crippen LogP contribution in [0.1, 0.15) is 62.9 Å². The Morgan fingerprint density at radius 3 is 1.58 bits per heavy atom. The van der Waals surface area contributed by atoms with Crippen molar-refractivity contribution in [2.75, 3.05) is 27.2 Å². The second kappa shape index (κ2) is 12.1. The Balaban J connectivity index is 1.79. The summed E-state index contributed by atoms with van der Waals surface area (Å²) < 4.78 is 30.7. The molecule has 0 N–H and O–H groups in total. The number of aryl methyl sites for hydroxylation is 7. The van der Waals surface area contributed by atoms with Gasteiger partial charge in [-0.2, -0.15) is 4.31 Å². The molecular weight excluding hydrogens is 488 g/mol. The van der Waals surface area contributed by atoms with E-state index in [2.05, 4.69) is 78.2 Å². The van der Waals surface area contributed by atoms with Crippen LogP contribution in [0, 0.1) is 48.5 Å². The normalized spacial score (nSPS) is 12.4. The van der Waals surface area contributed by atoms with Crippen molar-refractivity contribution in [3.8, 4) is 0 Å². The second-order valence-electron chi connectivity index (χ2n) is 12.1. The largest absolute Gasteiger partial charge is 0.325 e. The van der Waals surface area contributed by atoms with E-state index >= 15 is 0 Å². The molecule has 4 nitrogen and oxygen atoms in total. The fraction of sp³-hybridized carbons (Fsp3) is 0.455. The smallest absolute Gasteiger partial charge is 0.243 e. The van der Waals surface area contributed by atoms with Crippen LogP contribution in [0.3, 0.4) is 0 Å². The zero-order valence-electron chi connectivity index (χ0n) is 25.0. The molecule has 0 aliphatic heterocycles. The maximum absolute atomic E-state index is 14.1. The molecular formula is C33H47N2O2S+. The first-order valence-electron chi connectivity index (χ1n) is 13.7. The van der Waals surface area contributed by atoms with Crippen LogP contribution < -0.4 is 0 Å². The first kappa shape index (κ1) is 30.1. The molecule has 0 atom stereocenters. The molecule has 0 spiro atoms. The van der Waals surface area contributed by atoms with Crippen molar-refractivity contribution in [3.63, 3.8) is 0 Å². The highest BCUT2D eigenvalue weighted by atomic mass is 32.2. The van der Waals surface area contributed by atoms with Gasteiger partial charge in [-0.15, -0.1) is 0 Å². The standard InChI is InChI=1S/C33H47N2O2S/c1-24-14-25(2)19-31(18-24)22-34(38(36,37)33-29(6)16-28(5)17-30(33)7)12-10-11-13-35(8,9)23-32-20-26(3)15-27(4)21-32/h14-21H,10-13,22-23H2,1-9H3/q+1. The van der Waals surface area contributed by atoms with E-state index < -0.39 is 10.0 Å². The zero-order valence-corrected chi connectivity index (χ0v) is 25.8. The SMILES string of the molecule is Cc1cc(C)cc(CN(CCCC[N+](C)(C)Cc2cc(C)cc(C)c2)S(=O)(=O)c2c(C)cc(C)cc2C)c1. The highest BCUT2D eigenvalue weighted by Gasteiger charge is 2.28. The van der Waals surface area contributed by atoms with Crippen molar-refractivity contribution >= 4 is 10.0 Å². The lowest BCUT2D eigenvalue weighted by molar-refractivity contribution is -0.903. The summed E-state index contributed by atoms with van der Waals surface area (Å²) in [6.45, 7) is 17.1. The molecule has 3 aromatic rings. The van der Waals surface area contributed by atoms with Crippen molar-refractivity contribution in [1.29, 1.82) is 0 Å². The Kier molecular flexibility index (Phi) is 9.62. The molecule has 0 saturated carbocycles. The van der Waals surface area contributed by atoms with E-state index in [1.165, 1.54) is 16.7 Å². The lowest BCUT2D eigenvalue weighted by Gasteiger charge is -2.31. The van der Waals surface area contributed by atoms with Crippen molar-refractivity contribution in [2.45, 2.75) is 79.3 Å². The van der Waals surface area contributed by atoms with Crippen LogP contribution in [0.15, 0.2) is 53.4 Å². The Hall–Kier alpha value is -2.47. The van der Waals surface area contributed by atoms with Crippen LogP contribution in [-0.2, 0) is 23.1 Å². The number of hydrogen-bond acceptors (Lipinski definition) is 2. The van der Waals surface area contributed by atoms with Gasteiger partial charge in [-0.25, -0.2) is 8.42 Å². The molecule has 0 bridgehead atoms. The fourth-order valence-corrected chi connectivity index (χ4v) is 7.79. The van der Waals surface area contributed by atoms with E-state index in [1.54, 1.807) is 4.31 Å². The van der Waals surface area contributed by atoms with Gasteiger partial charge in [0.25, 0.3) is 0 Å². The highest BCUT2D eigenvalue weighted by molar-refractivity contribution is 7.89. The van der Waals surface area contributed by atoms with Gasteiger partial charge in [0.05, 0.1) is 25.5 Å². The molecule has 3 aromatic carbocycles. The van der Waals surface area contributed by atoms with Gasteiger partial charge in [0.1, 0.15) is 6.54 Å². The summed E-state index contributed by atoms with van der Waals surface area (Å²) >= 11 is 0. The molecule has 0 heterocycles. The quantitative estimate of drug-likeness (QED) is 0.194. The zero-order chi connectivity index (χ0) is 28.3. The molecule has 0 unspecified atom stereocenters. The second-order valence-corrected chi connectivity index (χ2v) is 14.0. The van der Waals surface area contributed by atoms with Gasteiger partial charge in [0, 0.05) is 18.7 Å². The van der Waals surface area contributed by atoms with Crippen LogP contribution in [-0.4, -0.2) is 44.4 Å². The Labute approximate surface area is 232 Å². The average Bonchev–Trinajstić information content (AvgIpc) is 2.73. The maximum atomic E-state index is 14.1. The Morgan fingerprint density at radius 1 is 0.632 bits per heavy atom. The summed E-state index contributed by atoms with van der Waals surface area (Å²) in [5.41, 5.74) is 10.0. The van der Waals surface area contributed by atoms with Gasteiger partial charge in [-0.05, 0) is 78.0 Å². The average molecular weight is 536 g/mol. The van der Waals surface area contributed by atoms with Crippen molar-refractivity contribution in [2.24, 2.45) is 0 Å². The van der Waals surface area contributed by atoms with E-state index in [9.17, 15) is 8.42 Å². The monoisotopic (exact) mass is 535 g/mol. The minimum atomic E-state index is -3.65. The molecule has 0 aliphatic rings. The summed E-state index contributed by atoms with van der Waals surface area (Å²) in [5, 5.41) is 0. The van der Waals surface area contributed by atoms with Crippen molar-refractivity contribution < 1.29 is 12.9 Å². The Bertz CT molecular complexity index is 1330. The first-order valence-corrected chi connectivity index (χ1v) is 15.1. The van der Waals surface area contributed by atoms with E-state index in [0.29, 0.717) is 18.0 Å². The summed E-state index contributed by atoms with van der Waals surface area (Å²) in [7, 11) is 0.880. The van der Waals surface area contributed by atoms with E-state index in [4.69, 9.17) is 0 Å². The predicted octanol–water partition coefficient (Wildman–Crippen LogP) is 7.09. The van der Waals surface area contributed by atoms with Crippen LogP contribution in [0.5, 0.6) is 0 Å². The molecule has 0 aliphatic carbocycles. The molecule has 0 aromatic heterocycles.